The SMILES string of the molecule is CC(C)[C@@H](N)C(O)C(=O)C(Cc1ccccc1)C[C@H](O)[C@H](Cc1ccccc1)NC(=O)[C@H](C)NC(=O)OCc1ccccc1. The first kappa shape index (κ1) is 34.4. The first-order chi connectivity index (χ1) is 21.0. The molecule has 0 radical (unpaired) electrons. The summed E-state index contributed by atoms with van der Waals surface area (Å²) in [6, 6.07) is 25.4. The fourth-order valence-electron chi connectivity index (χ4n) is 4.92. The minimum absolute atomic E-state index is 0.0195. The fourth-order valence-corrected chi connectivity index (χ4v) is 4.92. The smallest absolute Gasteiger partial charge is 0.408 e. The third kappa shape index (κ3) is 10.9. The highest BCUT2D eigenvalue weighted by Gasteiger charge is 2.35. The maximum absolute atomic E-state index is 13.5. The van der Waals surface area contributed by atoms with Gasteiger partial charge in [0.2, 0.25) is 5.91 Å². The Bertz CT molecular complexity index is 1310. The molecule has 0 aliphatic carbocycles. The second kappa shape index (κ2) is 17.3. The van der Waals surface area contributed by atoms with E-state index in [1.807, 2.05) is 105 Å². The van der Waals surface area contributed by atoms with Gasteiger partial charge in [-0.25, -0.2) is 4.79 Å². The molecule has 0 bridgehead atoms. The minimum atomic E-state index is -1.40. The lowest BCUT2D eigenvalue weighted by Gasteiger charge is -2.30. The quantitative estimate of drug-likeness (QED) is 0.168. The highest BCUT2D eigenvalue weighted by Crippen LogP contribution is 2.22. The summed E-state index contributed by atoms with van der Waals surface area (Å²) in [6.07, 6.45) is -2.76. The van der Waals surface area contributed by atoms with Gasteiger partial charge in [0.05, 0.1) is 12.1 Å². The Hall–Kier alpha value is -4.05. The molecule has 6 atom stereocenters. The summed E-state index contributed by atoms with van der Waals surface area (Å²) in [5, 5.41) is 27.8. The molecule has 3 aromatic carbocycles. The molecule has 0 aromatic heterocycles. The molecule has 236 valence electrons. The van der Waals surface area contributed by atoms with Crippen LogP contribution in [-0.2, 0) is 33.8 Å². The molecule has 9 heteroatoms. The molecular formula is C35H45N3O6. The van der Waals surface area contributed by atoms with Crippen LogP contribution in [0, 0.1) is 11.8 Å². The Balaban J connectivity index is 1.74. The van der Waals surface area contributed by atoms with Gasteiger partial charge in [-0.05, 0) is 48.8 Å². The number of carbonyl (C=O) groups is 3. The van der Waals surface area contributed by atoms with Crippen molar-refractivity contribution in [1.82, 2.24) is 10.6 Å². The van der Waals surface area contributed by atoms with Crippen molar-refractivity contribution in [3.63, 3.8) is 0 Å². The van der Waals surface area contributed by atoms with Crippen LogP contribution in [0.1, 0.15) is 43.9 Å². The Kier molecular flexibility index (Phi) is 13.5. The molecule has 0 aliphatic rings. The van der Waals surface area contributed by atoms with Crippen LogP contribution in [0.25, 0.3) is 0 Å². The first-order valence-corrected chi connectivity index (χ1v) is 15.1. The zero-order valence-electron chi connectivity index (χ0n) is 25.6. The van der Waals surface area contributed by atoms with Gasteiger partial charge in [0.25, 0.3) is 0 Å². The van der Waals surface area contributed by atoms with Crippen molar-refractivity contribution in [2.24, 2.45) is 17.6 Å². The molecule has 2 unspecified atom stereocenters. The van der Waals surface area contributed by atoms with Crippen LogP contribution in [-0.4, -0.2) is 58.3 Å². The number of alkyl carbamates (subject to hydrolysis) is 1. The van der Waals surface area contributed by atoms with Gasteiger partial charge in [-0.3, -0.25) is 9.59 Å². The summed E-state index contributed by atoms with van der Waals surface area (Å²) in [6.45, 7) is 5.25. The Morgan fingerprint density at radius 2 is 1.25 bits per heavy atom. The normalized spacial score (nSPS) is 15.3. The van der Waals surface area contributed by atoms with E-state index in [1.165, 1.54) is 6.92 Å². The topological polar surface area (TPSA) is 151 Å². The van der Waals surface area contributed by atoms with Crippen molar-refractivity contribution < 1.29 is 29.3 Å². The van der Waals surface area contributed by atoms with Crippen molar-refractivity contribution in [3.8, 4) is 0 Å². The predicted molar refractivity (Wildman–Crippen MR) is 169 cm³/mol. The van der Waals surface area contributed by atoms with E-state index in [0.717, 1.165) is 16.7 Å². The molecule has 9 nitrogen and oxygen atoms in total. The van der Waals surface area contributed by atoms with Gasteiger partial charge in [-0.15, -0.1) is 0 Å². The third-order valence-electron chi connectivity index (χ3n) is 7.71. The number of ketones is 1. The molecular weight excluding hydrogens is 558 g/mol. The first-order valence-electron chi connectivity index (χ1n) is 15.1. The van der Waals surface area contributed by atoms with Crippen LogP contribution in [0.3, 0.4) is 0 Å². The van der Waals surface area contributed by atoms with Gasteiger partial charge < -0.3 is 31.3 Å². The number of nitrogens with two attached hydrogens (primary N) is 1. The van der Waals surface area contributed by atoms with E-state index in [0.29, 0.717) is 0 Å². The Morgan fingerprint density at radius 3 is 1.77 bits per heavy atom. The second-order valence-corrected chi connectivity index (χ2v) is 11.6. The van der Waals surface area contributed by atoms with Crippen LogP contribution in [0.15, 0.2) is 91.0 Å². The van der Waals surface area contributed by atoms with Gasteiger partial charge in [0.15, 0.2) is 5.78 Å². The van der Waals surface area contributed by atoms with E-state index >= 15 is 0 Å². The monoisotopic (exact) mass is 603 g/mol. The number of hydrogen-bond acceptors (Lipinski definition) is 7. The molecule has 3 aromatic rings. The highest BCUT2D eigenvalue weighted by molar-refractivity contribution is 5.86. The van der Waals surface area contributed by atoms with Crippen LogP contribution < -0.4 is 16.4 Å². The lowest BCUT2D eigenvalue weighted by atomic mass is 9.82. The van der Waals surface area contributed by atoms with Gasteiger partial charge in [0.1, 0.15) is 18.8 Å². The molecule has 0 heterocycles. The molecule has 0 fully saturated rings. The average Bonchev–Trinajstić information content (AvgIpc) is 3.03. The number of hydrogen-bond donors (Lipinski definition) is 5. The Morgan fingerprint density at radius 1 is 0.750 bits per heavy atom. The van der Waals surface area contributed by atoms with Crippen molar-refractivity contribution in [2.45, 2.75) is 77.0 Å². The summed E-state index contributed by atoms with van der Waals surface area (Å²) in [7, 11) is 0. The van der Waals surface area contributed by atoms with Crippen LogP contribution in [0.2, 0.25) is 0 Å². The molecule has 0 saturated heterocycles. The van der Waals surface area contributed by atoms with Gasteiger partial charge in [-0.2, -0.15) is 0 Å². The molecule has 3 rings (SSSR count). The molecule has 0 aliphatic heterocycles. The lowest BCUT2D eigenvalue weighted by Crippen LogP contribution is -2.53. The summed E-state index contributed by atoms with van der Waals surface area (Å²) < 4.78 is 5.24. The van der Waals surface area contributed by atoms with Crippen LogP contribution in [0.4, 0.5) is 4.79 Å². The third-order valence-corrected chi connectivity index (χ3v) is 7.71. The number of carbonyl (C=O) groups excluding carboxylic acids is 3. The number of nitrogens with one attached hydrogen (secondary N) is 2. The maximum atomic E-state index is 13.5. The second-order valence-electron chi connectivity index (χ2n) is 11.6. The number of Topliss-reactive ketones (excluding diaryl/α,β-unsaturated/α-hetero) is 1. The number of aliphatic hydroxyl groups is 2. The molecule has 2 amide bonds. The van der Waals surface area contributed by atoms with Gasteiger partial charge in [-0.1, -0.05) is 105 Å². The average molecular weight is 604 g/mol. The van der Waals surface area contributed by atoms with E-state index < -0.39 is 54.0 Å². The summed E-state index contributed by atoms with van der Waals surface area (Å²) in [5.74, 6) is -1.86. The summed E-state index contributed by atoms with van der Waals surface area (Å²) in [4.78, 5) is 39.1. The van der Waals surface area contributed by atoms with Crippen molar-refractivity contribution >= 4 is 17.8 Å². The van der Waals surface area contributed by atoms with Crippen LogP contribution in [0.5, 0.6) is 0 Å². The van der Waals surface area contributed by atoms with Crippen LogP contribution >= 0.6 is 0 Å². The standard InChI is InChI=1S/C35H45N3O6/c1-23(2)31(36)33(41)32(40)28(19-25-13-7-4-8-14-25)21-30(39)29(20-26-15-9-5-10-16-26)38-34(42)24(3)37-35(43)44-22-27-17-11-6-12-18-27/h4-18,23-24,28-31,33,39,41H,19-22,36H2,1-3H3,(H,37,43)(H,38,42)/t24-,28?,29-,30-,31+,33?/m0/s1. The predicted octanol–water partition coefficient (Wildman–Crippen LogP) is 3.55. The zero-order chi connectivity index (χ0) is 32.1. The minimum Gasteiger partial charge on any atom is -0.445 e. The van der Waals surface area contributed by atoms with Crippen molar-refractivity contribution in [1.29, 1.82) is 0 Å². The van der Waals surface area contributed by atoms with Gasteiger partial charge in [0, 0.05) is 12.0 Å². The van der Waals surface area contributed by atoms with E-state index in [9.17, 15) is 24.6 Å². The molecule has 44 heavy (non-hydrogen) atoms. The molecule has 0 spiro atoms. The zero-order valence-corrected chi connectivity index (χ0v) is 25.6. The summed E-state index contributed by atoms with van der Waals surface area (Å²) >= 11 is 0. The summed E-state index contributed by atoms with van der Waals surface area (Å²) in [5.41, 5.74) is 8.70. The number of benzene rings is 3. The van der Waals surface area contributed by atoms with Gasteiger partial charge >= 0.3 is 6.09 Å². The van der Waals surface area contributed by atoms with Crippen molar-refractivity contribution in [3.05, 3.63) is 108 Å². The number of rotatable bonds is 16. The Labute approximate surface area is 259 Å². The number of ether oxygens (including phenoxy) is 1. The van der Waals surface area contributed by atoms with E-state index in [4.69, 9.17) is 10.5 Å². The van der Waals surface area contributed by atoms with E-state index in [2.05, 4.69) is 10.6 Å². The maximum Gasteiger partial charge on any atom is 0.408 e. The lowest BCUT2D eigenvalue weighted by molar-refractivity contribution is -0.134. The highest BCUT2D eigenvalue weighted by atomic mass is 16.5. The van der Waals surface area contributed by atoms with E-state index in [1.54, 1.807) is 0 Å². The van der Waals surface area contributed by atoms with Crippen molar-refractivity contribution in [2.75, 3.05) is 0 Å². The largest absolute Gasteiger partial charge is 0.445 e. The number of amides is 2. The fraction of sp³-hybridized carbons (Fsp3) is 0.400. The molecule has 0 saturated carbocycles. The molecule has 6 N–H and O–H groups in total. The van der Waals surface area contributed by atoms with E-state index in [-0.39, 0.29) is 31.8 Å². The number of aliphatic hydroxyl groups excluding tert-OH is 2.